The van der Waals surface area contributed by atoms with Crippen LogP contribution in [0, 0.1) is 0 Å². The number of nitrogens with one attached hydrogen (secondary N) is 1. The minimum atomic E-state index is -1.08. The summed E-state index contributed by atoms with van der Waals surface area (Å²) in [6, 6.07) is 14.0. The minimum absolute atomic E-state index is 0.0366. The summed E-state index contributed by atoms with van der Waals surface area (Å²) in [7, 11) is 1.83. The third-order valence-corrected chi connectivity index (χ3v) is 6.50. The van der Waals surface area contributed by atoms with Crippen LogP contribution < -0.4 is 15.2 Å². The largest absolute Gasteiger partial charge is 0.454 e. The molecule has 3 aliphatic rings. The number of amides is 1. The SMILES string of the molecule is CN1CCN2[C@H](c3ccc4c(c3)OCO4)c3[nH]c4ccccc4c3C[C@]2(N)C1=O. The van der Waals surface area contributed by atoms with Gasteiger partial charge in [0.1, 0.15) is 0 Å². The van der Waals surface area contributed by atoms with Crippen LogP contribution >= 0.6 is 0 Å². The number of carbonyl (C=O) groups is 1. The molecule has 6 rings (SSSR count). The average molecular weight is 390 g/mol. The number of para-hydroxylation sites is 1. The van der Waals surface area contributed by atoms with Crippen molar-refractivity contribution in [2.45, 2.75) is 18.1 Å². The first-order valence-electron chi connectivity index (χ1n) is 9.86. The second kappa shape index (κ2) is 5.75. The first kappa shape index (κ1) is 16.9. The fourth-order valence-corrected chi connectivity index (χ4v) is 5.05. The molecule has 0 spiro atoms. The molecule has 7 nitrogen and oxygen atoms in total. The van der Waals surface area contributed by atoms with Crippen molar-refractivity contribution in [1.29, 1.82) is 0 Å². The lowest BCUT2D eigenvalue weighted by atomic mass is 9.82. The third kappa shape index (κ3) is 2.22. The van der Waals surface area contributed by atoms with Crippen LogP contribution in [0.5, 0.6) is 11.5 Å². The van der Waals surface area contributed by atoms with E-state index in [0.29, 0.717) is 19.5 Å². The summed E-state index contributed by atoms with van der Waals surface area (Å²) in [5.41, 5.74) is 10.1. The maximum Gasteiger partial charge on any atom is 0.257 e. The normalized spacial score (nSPS) is 25.9. The van der Waals surface area contributed by atoms with Gasteiger partial charge < -0.3 is 25.1 Å². The van der Waals surface area contributed by atoms with Gasteiger partial charge in [0.25, 0.3) is 5.91 Å². The van der Waals surface area contributed by atoms with E-state index in [1.54, 1.807) is 4.90 Å². The van der Waals surface area contributed by atoms with Crippen molar-refractivity contribution >= 4 is 16.8 Å². The molecule has 4 heterocycles. The Kier molecular flexibility index (Phi) is 3.34. The third-order valence-electron chi connectivity index (χ3n) is 6.50. The smallest absolute Gasteiger partial charge is 0.257 e. The Morgan fingerprint density at radius 1 is 1.14 bits per heavy atom. The quantitative estimate of drug-likeness (QED) is 0.664. The van der Waals surface area contributed by atoms with Crippen LogP contribution in [0.1, 0.15) is 22.9 Å². The van der Waals surface area contributed by atoms with Gasteiger partial charge in [0.05, 0.1) is 6.04 Å². The van der Waals surface area contributed by atoms with E-state index in [4.69, 9.17) is 15.2 Å². The van der Waals surface area contributed by atoms with Crippen LogP contribution in [0.15, 0.2) is 42.5 Å². The highest BCUT2D eigenvalue weighted by Gasteiger charge is 2.53. The van der Waals surface area contributed by atoms with Crippen molar-refractivity contribution in [3.05, 3.63) is 59.3 Å². The van der Waals surface area contributed by atoms with E-state index in [2.05, 4.69) is 22.0 Å². The maximum atomic E-state index is 13.2. The van der Waals surface area contributed by atoms with Crippen LogP contribution in [-0.2, 0) is 11.2 Å². The number of carbonyl (C=O) groups excluding carboxylic acids is 1. The summed E-state index contributed by atoms with van der Waals surface area (Å²) in [6.07, 6.45) is 0.483. The lowest BCUT2D eigenvalue weighted by Crippen LogP contribution is -2.73. The van der Waals surface area contributed by atoms with E-state index in [1.165, 1.54) is 0 Å². The lowest BCUT2D eigenvalue weighted by Gasteiger charge is -2.52. The summed E-state index contributed by atoms with van der Waals surface area (Å²) in [5.74, 6) is 1.44. The second-order valence-corrected chi connectivity index (χ2v) is 8.10. The van der Waals surface area contributed by atoms with Crippen molar-refractivity contribution in [3.8, 4) is 11.5 Å². The first-order chi connectivity index (χ1) is 14.1. The fraction of sp³-hybridized carbons (Fsp3) is 0.318. The molecule has 3 aromatic rings. The van der Waals surface area contributed by atoms with Gasteiger partial charge in [-0.1, -0.05) is 24.3 Å². The van der Waals surface area contributed by atoms with Crippen molar-refractivity contribution in [3.63, 3.8) is 0 Å². The van der Waals surface area contributed by atoms with Gasteiger partial charge in [0, 0.05) is 43.2 Å². The van der Waals surface area contributed by atoms with Crippen LogP contribution in [0.2, 0.25) is 0 Å². The van der Waals surface area contributed by atoms with Crippen LogP contribution in [0.3, 0.4) is 0 Å². The molecule has 29 heavy (non-hydrogen) atoms. The monoisotopic (exact) mass is 390 g/mol. The molecule has 7 heteroatoms. The number of ether oxygens (including phenoxy) is 2. The number of piperazine rings is 1. The molecule has 3 N–H and O–H groups in total. The predicted molar refractivity (Wildman–Crippen MR) is 108 cm³/mol. The first-order valence-corrected chi connectivity index (χ1v) is 9.86. The second-order valence-electron chi connectivity index (χ2n) is 8.10. The number of H-pyrrole nitrogens is 1. The Morgan fingerprint density at radius 2 is 1.97 bits per heavy atom. The van der Waals surface area contributed by atoms with Crippen LogP contribution in [-0.4, -0.2) is 53.3 Å². The Labute approximate surface area is 168 Å². The van der Waals surface area contributed by atoms with Crippen LogP contribution in [0.25, 0.3) is 10.9 Å². The number of aromatic nitrogens is 1. The molecule has 148 valence electrons. The molecule has 0 aliphatic carbocycles. The van der Waals surface area contributed by atoms with E-state index in [9.17, 15) is 4.79 Å². The molecule has 1 fully saturated rings. The molecular formula is C22H22N4O3. The molecule has 1 saturated heterocycles. The van der Waals surface area contributed by atoms with Crippen LogP contribution in [0.4, 0.5) is 0 Å². The molecule has 0 saturated carbocycles. The van der Waals surface area contributed by atoms with E-state index in [1.807, 2.05) is 37.4 Å². The molecule has 1 aromatic heterocycles. The number of likely N-dealkylation sites (N-methyl/N-ethyl adjacent to an activating group) is 1. The zero-order valence-electron chi connectivity index (χ0n) is 16.1. The van der Waals surface area contributed by atoms with Gasteiger partial charge in [-0.05, 0) is 29.3 Å². The number of nitrogens with zero attached hydrogens (tertiary/aromatic N) is 2. The number of aromatic amines is 1. The molecule has 2 atom stereocenters. The zero-order chi connectivity index (χ0) is 19.8. The highest BCUT2D eigenvalue weighted by atomic mass is 16.7. The number of rotatable bonds is 1. The Morgan fingerprint density at radius 3 is 2.86 bits per heavy atom. The van der Waals surface area contributed by atoms with Gasteiger partial charge in [-0.15, -0.1) is 0 Å². The van der Waals surface area contributed by atoms with E-state index in [-0.39, 0.29) is 18.7 Å². The summed E-state index contributed by atoms with van der Waals surface area (Å²) < 4.78 is 11.1. The lowest BCUT2D eigenvalue weighted by molar-refractivity contribution is -0.152. The van der Waals surface area contributed by atoms with Gasteiger partial charge >= 0.3 is 0 Å². The predicted octanol–water partition coefficient (Wildman–Crippen LogP) is 1.97. The Balaban J connectivity index is 1.60. The average Bonchev–Trinajstić information content (AvgIpc) is 3.34. The number of hydrogen-bond acceptors (Lipinski definition) is 5. The Hall–Kier alpha value is -3.03. The maximum absolute atomic E-state index is 13.2. The number of nitrogens with two attached hydrogens (primary N) is 1. The van der Waals surface area contributed by atoms with Gasteiger partial charge in [-0.2, -0.15) is 0 Å². The minimum Gasteiger partial charge on any atom is -0.454 e. The van der Waals surface area contributed by atoms with E-state index >= 15 is 0 Å². The highest BCUT2D eigenvalue weighted by Crippen LogP contribution is 2.46. The summed E-state index contributed by atoms with van der Waals surface area (Å²) in [5, 5.41) is 1.12. The number of fused-ring (bicyclic) bond motifs is 5. The summed E-state index contributed by atoms with van der Waals surface area (Å²) in [4.78, 5) is 20.7. The standard InChI is InChI=1S/C22H22N4O3/c1-25-8-9-26-20(13-6-7-17-18(10-13)29-12-28-17)19-15(11-22(26,23)21(25)27)14-4-2-3-5-16(14)24-19/h2-7,10,20,24H,8-9,11-12,23H2,1H3/t20-,22-/m1/s1. The number of hydrogen-bond donors (Lipinski definition) is 2. The Bertz CT molecular complexity index is 1160. The molecule has 0 bridgehead atoms. The molecule has 2 aromatic carbocycles. The van der Waals surface area contributed by atoms with E-state index in [0.717, 1.165) is 39.2 Å². The summed E-state index contributed by atoms with van der Waals surface area (Å²) in [6.45, 7) is 1.58. The van der Waals surface area contributed by atoms with Crippen molar-refractivity contribution < 1.29 is 14.3 Å². The molecule has 3 aliphatic heterocycles. The van der Waals surface area contributed by atoms with Crippen molar-refractivity contribution in [2.24, 2.45) is 5.73 Å². The topological polar surface area (TPSA) is 83.8 Å². The molecular weight excluding hydrogens is 368 g/mol. The van der Waals surface area contributed by atoms with Gasteiger partial charge in [-0.3, -0.25) is 9.69 Å². The highest BCUT2D eigenvalue weighted by molar-refractivity contribution is 5.91. The zero-order valence-corrected chi connectivity index (χ0v) is 16.1. The van der Waals surface area contributed by atoms with Crippen molar-refractivity contribution in [1.82, 2.24) is 14.8 Å². The van der Waals surface area contributed by atoms with Crippen molar-refractivity contribution in [2.75, 3.05) is 26.9 Å². The molecule has 0 unspecified atom stereocenters. The fourth-order valence-electron chi connectivity index (χ4n) is 5.05. The van der Waals surface area contributed by atoms with Gasteiger partial charge in [0.2, 0.25) is 6.79 Å². The van der Waals surface area contributed by atoms with Gasteiger partial charge in [-0.25, -0.2) is 0 Å². The molecule has 1 amide bonds. The van der Waals surface area contributed by atoms with E-state index < -0.39 is 5.66 Å². The summed E-state index contributed by atoms with van der Waals surface area (Å²) >= 11 is 0. The number of benzene rings is 2. The van der Waals surface area contributed by atoms with Gasteiger partial charge in [0.15, 0.2) is 17.2 Å². The molecule has 0 radical (unpaired) electrons.